The fourth-order valence-electron chi connectivity index (χ4n) is 1.43. The smallest absolute Gasteiger partial charge is 0.0844 e. The molecule has 2 heteroatoms. The Labute approximate surface area is 79.6 Å². The normalized spacial score (nSPS) is 24.0. The number of aliphatic hydroxyl groups is 2. The Bertz CT molecular complexity index is 229. The summed E-state index contributed by atoms with van der Waals surface area (Å²) in [6.07, 6.45) is 5.24. The highest BCUT2D eigenvalue weighted by atomic mass is 16.3. The Morgan fingerprint density at radius 2 is 2.15 bits per heavy atom. The van der Waals surface area contributed by atoms with Crippen LogP contribution in [0.25, 0.3) is 0 Å². The topological polar surface area (TPSA) is 40.5 Å². The summed E-state index contributed by atoms with van der Waals surface area (Å²) in [5, 5.41) is 19.0. The predicted molar refractivity (Wildman–Crippen MR) is 52.4 cm³/mol. The quantitative estimate of drug-likeness (QED) is 0.607. The molecule has 0 radical (unpaired) electrons. The SMILES string of the molecule is CC(C)(O)C=C=C1CCCCC1O. The highest BCUT2D eigenvalue weighted by molar-refractivity contribution is 5.12. The molecule has 0 aliphatic heterocycles. The van der Waals surface area contributed by atoms with E-state index < -0.39 is 5.60 Å². The molecule has 13 heavy (non-hydrogen) atoms. The predicted octanol–water partition coefficient (Wildman–Crippen LogP) is 1.77. The lowest BCUT2D eigenvalue weighted by molar-refractivity contribution is 0.133. The highest BCUT2D eigenvalue weighted by Crippen LogP contribution is 2.22. The van der Waals surface area contributed by atoms with Crippen molar-refractivity contribution in [1.29, 1.82) is 0 Å². The second kappa shape index (κ2) is 4.10. The number of rotatable bonds is 1. The van der Waals surface area contributed by atoms with Crippen molar-refractivity contribution in [3.05, 3.63) is 17.4 Å². The molecule has 0 saturated heterocycles. The minimum absolute atomic E-state index is 0.340. The molecule has 1 aliphatic rings. The molecule has 74 valence electrons. The first-order valence-electron chi connectivity index (χ1n) is 4.86. The van der Waals surface area contributed by atoms with Gasteiger partial charge < -0.3 is 10.2 Å². The largest absolute Gasteiger partial charge is 0.388 e. The minimum atomic E-state index is -0.829. The summed E-state index contributed by atoms with van der Waals surface area (Å²) in [6.45, 7) is 3.41. The third kappa shape index (κ3) is 3.77. The van der Waals surface area contributed by atoms with E-state index in [2.05, 4.69) is 5.73 Å². The van der Waals surface area contributed by atoms with Gasteiger partial charge in [-0.1, -0.05) is 6.42 Å². The van der Waals surface area contributed by atoms with E-state index in [1.807, 2.05) is 0 Å². The molecular weight excluding hydrogens is 164 g/mol. The standard InChI is InChI=1S/C11H18O2/c1-11(2,13)8-7-9-5-3-4-6-10(9)12/h8,10,12-13H,3-6H2,1-2H3. The van der Waals surface area contributed by atoms with Crippen molar-refractivity contribution in [3.63, 3.8) is 0 Å². The minimum Gasteiger partial charge on any atom is -0.388 e. The number of hydrogen-bond donors (Lipinski definition) is 2. The van der Waals surface area contributed by atoms with Gasteiger partial charge in [-0.15, -0.1) is 5.73 Å². The molecule has 0 amide bonds. The van der Waals surface area contributed by atoms with Crippen LogP contribution in [0.4, 0.5) is 0 Å². The van der Waals surface area contributed by atoms with Crippen LogP contribution in [0, 0.1) is 0 Å². The monoisotopic (exact) mass is 182 g/mol. The molecule has 0 aromatic rings. The van der Waals surface area contributed by atoms with Crippen LogP contribution in [-0.2, 0) is 0 Å². The zero-order chi connectivity index (χ0) is 9.90. The van der Waals surface area contributed by atoms with E-state index in [-0.39, 0.29) is 6.10 Å². The molecule has 1 rings (SSSR count). The van der Waals surface area contributed by atoms with E-state index in [1.54, 1.807) is 19.9 Å². The van der Waals surface area contributed by atoms with Crippen LogP contribution in [0.15, 0.2) is 17.4 Å². The van der Waals surface area contributed by atoms with Gasteiger partial charge in [-0.3, -0.25) is 0 Å². The Hall–Kier alpha value is -0.560. The summed E-state index contributed by atoms with van der Waals surface area (Å²) in [5.74, 6) is 0. The third-order valence-corrected chi connectivity index (χ3v) is 2.19. The van der Waals surface area contributed by atoms with Crippen molar-refractivity contribution in [1.82, 2.24) is 0 Å². The van der Waals surface area contributed by atoms with E-state index in [4.69, 9.17) is 0 Å². The maximum atomic E-state index is 9.56. The molecule has 2 nitrogen and oxygen atoms in total. The fourth-order valence-corrected chi connectivity index (χ4v) is 1.43. The van der Waals surface area contributed by atoms with Crippen molar-refractivity contribution < 1.29 is 10.2 Å². The fraction of sp³-hybridized carbons (Fsp3) is 0.727. The molecule has 0 heterocycles. The average Bonchev–Trinajstić information content (AvgIpc) is 2.01. The Balaban J connectivity index is 2.73. The first-order valence-corrected chi connectivity index (χ1v) is 4.86. The van der Waals surface area contributed by atoms with E-state index in [9.17, 15) is 10.2 Å². The lowest BCUT2D eigenvalue weighted by atomic mass is 9.92. The van der Waals surface area contributed by atoms with Gasteiger partial charge in [0.2, 0.25) is 0 Å². The maximum absolute atomic E-state index is 9.56. The summed E-state index contributed by atoms with van der Waals surface area (Å²) in [7, 11) is 0. The Morgan fingerprint density at radius 1 is 1.46 bits per heavy atom. The molecule has 1 aliphatic carbocycles. The summed E-state index contributed by atoms with van der Waals surface area (Å²) >= 11 is 0. The highest BCUT2D eigenvalue weighted by Gasteiger charge is 2.15. The van der Waals surface area contributed by atoms with Gasteiger partial charge in [0.1, 0.15) is 0 Å². The van der Waals surface area contributed by atoms with Crippen LogP contribution >= 0.6 is 0 Å². The third-order valence-electron chi connectivity index (χ3n) is 2.19. The lowest BCUT2D eigenvalue weighted by Crippen LogP contribution is -2.16. The molecule has 0 spiro atoms. The molecule has 1 unspecified atom stereocenters. The zero-order valence-corrected chi connectivity index (χ0v) is 8.38. The van der Waals surface area contributed by atoms with Crippen molar-refractivity contribution in [2.24, 2.45) is 0 Å². The van der Waals surface area contributed by atoms with Crippen molar-refractivity contribution >= 4 is 0 Å². The molecule has 1 atom stereocenters. The van der Waals surface area contributed by atoms with Crippen LogP contribution < -0.4 is 0 Å². The summed E-state index contributed by atoms with van der Waals surface area (Å²) in [4.78, 5) is 0. The lowest BCUT2D eigenvalue weighted by Gasteiger charge is -2.18. The molecule has 0 aromatic carbocycles. The molecule has 2 N–H and O–H groups in total. The second-order valence-electron chi connectivity index (χ2n) is 4.23. The van der Waals surface area contributed by atoms with E-state index in [0.717, 1.165) is 31.3 Å². The van der Waals surface area contributed by atoms with Gasteiger partial charge >= 0.3 is 0 Å². The van der Waals surface area contributed by atoms with Gasteiger partial charge in [0.05, 0.1) is 11.7 Å². The Morgan fingerprint density at radius 3 is 2.69 bits per heavy atom. The molecular formula is C11H18O2. The molecule has 1 saturated carbocycles. The van der Waals surface area contributed by atoms with Crippen LogP contribution in [0.5, 0.6) is 0 Å². The van der Waals surface area contributed by atoms with Gasteiger partial charge in [-0.2, -0.15) is 0 Å². The van der Waals surface area contributed by atoms with E-state index in [0.29, 0.717) is 0 Å². The van der Waals surface area contributed by atoms with Crippen LogP contribution in [-0.4, -0.2) is 21.9 Å². The number of aliphatic hydroxyl groups excluding tert-OH is 1. The first kappa shape index (κ1) is 10.5. The second-order valence-corrected chi connectivity index (χ2v) is 4.23. The van der Waals surface area contributed by atoms with Crippen molar-refractivity contribution in [2.75, 3.05) is 0 Å². The van der Waals surface area contributed by atoms with Crippen LogP contribution in [0.1, 0.15) is 39.5 Å². The van der Waals surface area contributed by atoms with E-state index in [1.165, 1.54) is 0 Å². The molecule has 1 fully saturated rings. The summed E-state index contributed by atoms with van der Waals surface area (Å²) in [6, 6.07) is 0. The molecule has 0 aromatic heterocycles. The number of hydrogen-bond acceptors (Lipinski definition) is 2. The van der Waals surface area contributed by atoms with Crippen molar-refractivity contribution in [2.45, 2.75) is 51.2 Å². The van der Waals surface area contributed by atoms with Crippen molar-refractivity contribution in [3.8, 4) is 0 Å². The van der Waals surface area contributed by atoms with Gasteiger partial charge in [0, 0.05) is 0 Å². The summed E-state index contributed by atoms with van der Waals surface area (Å²) < 4.78 is 0. The zero-order valence-electron chi connectivity index (χ0n) is 8.38. The first-order chi connectivity index (χ1) is 5.99. The molecule has 0 bridgehead atoms. The maximum Gasteiger partial charge on any atom is 0.0844 e. The van der Waals surface area contributed by atoms with Gasteiger partial charge in [0.15, 0.2) is 0 Å². The van der Waals surface area contributed by atoms with E-state index >= 15 is 0 Å². The summed E-state index contributed by atoms with van der Waals surface area (Å²) in [5.41, 5.74) is 3.11. The average molecular weight is 182 g/mol. The van der Waals surface area contributed by atoms with Gasteiger partial charge in [-0.25, -0.2) is 0 Å². The van der Waals surface area contributed by atoms with Crippen LogP contribution in [0.2, 0.25) is 0 Å². The Kier molecular flexibility index (Phi) is 3.32. The van der Waals surface area contributed by atoms with Crippen LogP contribution in [0.3, 0.4) is 0 Å². The van der Waals surface area contributed by atoms with Gasteiger partial charge in [-0.05, 0) is 44.8 Å². The van der Waals surface area contributed by atoms with Gasteiger partial charge in [0.25, 0.3) is 0 Å².